The first-order chi connectivity index (χ1) is 12.4. The molecule has 136 valence electrons. The van der Waals surface area contributed by atoms with Crippen LogP contribution in [0.25, 0.3) is 10.9 Å². The summed E-state index contributed by atoms with van der Waals surface area (Å²) in [5, 5.41) is 24.8. The van der Waals surface area contributed by atoms with Crippen LogP contribution in [0.3, 0.4) is 0 Å². The minimum Gasteiger partial charge on any atom is -0.386 e. The van der Waals surface area contributed by atoms with Gasteiger partial charge in [0.1, 0.15) is 18.3 Å². The molecule has 1 N–H and O–H groups in total. The van der Waals surface area contributed by atoms with Gasteiger partial charge in [0, 0.05) is 24.0 Å². The molecular formula is C18H18ClFN4O2. The Labute approximate surface area is 154 Å². The van der Waals surface area contributed by atoms with E-state index in [-0.39, 0.29) is 28.8 Å². The van der Waals surface area contributed by atoms with Crippen molar-refractivity contribution in [2.45, 2.75) is 37.8 Å². The molecule has 8 heteroatoms. The average Bonchev–Trinajstić information content (AvgIpc) is 3.14. The Kier molecular flexibility index (Phi) is 3.94. The van der Waals surface area contributed by atoms with Crippen LogP contribution >= 0.6 is 11.6 Å². The van der Waals surface area contributed by atoms with Crippen LogP contribution in [0.5, 0.6) is 0 Å². The number of amides is 1. The number of piperidine rings is 1. The third-order valence-electron chi connectivity index (χ3n) is 5.97. The molecule has 1 amide bonds. The number of nitrogens with zero attached hydrogens (tertiary/aromatic N) is 4. The molecule has 0 saturated carbocycles. The quantitative estimate of drug-likeness (QED) is 0.873. The molecular weight excluding hydrogens is 359 g/mol. The maximum atomic E-state index is 14.6. The van der Waals surface area contributed by atoms with E-state index in [1.165, 1.54) is 6.07 Å². The Morgan fingerprint density at radius 1 is 1.54 bits per heavy atom. The van der Waals surface area contributed by atoms with Crippen molar-refractivity contribution < 1.29 is 14.3 Å². The molecule has 0 aliphatic carbocycles. The lowest BCUT2D eigenvalue weighted by molar-refractivity contribution is -0.132. The van der Waals surface area contributed by atoms with Gasteiger partial charge < -0.3 is 10.0 Å². The second kappa shape index (κ2) is 5.93. The molecule has 1 aromatic heterocycles. The fraction of sp³-hybridized carbons (Fsp3) is 0.500. The zero-order valence-corrected chi connectivity index (χ0v) is 15.0. The highest BCUT2D eigenvalue weighted by Gasteiger charge is 2.52. The summed E-state index contributed by atoms with van der Waals surface area (Å²) >= 11 is 5.99. The SMILES string of the molecule is CC1(C2CCN(C(=O)CC#N)CC2)[C@H](O)c2c(F)c(Cl)cc3cnn1c23. The van der Waals surface area contributed by atoms with E-state index in [2.05, 4.69) is 5.10 Å². The summed E-state index contributed by atoms with van der Waals surface area (Å²) in [6, 6.07) is 3.41. The molecule has 0 spiro atoms. The molecule has 1 saturated heterocycles. The van der Waals surface area contributed by atoms with Gasteiger partial charge in [-0.15, -0.1) is 0 Å². The minimum atomic E-state index is -1.06. The number of nitriles is 1. The Hall–Kier alpha value is -2.17. The number of likely N-dealkylation sites (tertiary alicyclic amines) is 1. The number of aliphatic hydroxyl groups excluding tert-OH is 1. The monoisotopic (exact) mass is 376 g/mol. The smallest absolute Gasteiger partial charge is 0.236 e. The van der Waals surface area contributed by atoms with Gasteiger partial charge in [-0.05, 0) is 31.7 Å². The summed E-state index contributed by atoms with van der Waals surface area (Å²) in [5.74, 6) is -0.762. The van der Waals surface area contributed by atoms with Gasteiger partial charge in [0.25, 0.3) is 0 Å². The number of rotatable bonds is 2. The van der Waals surface area contributed by atoms with E-state index >= 15 is 0 Å². The number of benzene rings is 1. The molecule has 3 heterocycles. The van der Waals surface area contributed by atoms with E-state index in [0.717, 1.165) is 0 Å². The van der Waals surface area contributed by atoms with Gasteiger partial charge in [0.15, 0.2) is 0 Å². The summed E-state index contributed by atoms with van der Waals surface area (Å²) in [4.78, 5) is 13.6. The van der Waals surface area contributed by atoms with E-state index in [0.29, 0.717) is 36.8 Å². The third kappa shape index (κ3) is 2.19. The highest BCUT2D eigenvalue weighted by Crippen LogP contribution is 2.52. The van der Waals surface area contributed by atoms with Crippen LogP contribution in [0.4, 0.5) is 4.39 Å². The summed E-state index contributed by atoms with van der Waals surface area (Å²) in [7, 11) is 0. The van der Waals surface area contributed by atoms with Crippen molar-refractivity contribution in [1.82, 2.24) is 14.7 Å². The maximum Gasteiger partial charge on any atom is 0.236 e. The van der Waals surface area contributed by atoms with Crippen LogP contribution in [0.1, 0.15) is 37.9 Å². The van der Waals surface area contributed by atoms with Crippen molar-refractivity contribution in [3.05, 3.63) is 28.7 Å². The lowest BCUT2D eigenvalue weighted by Gasteiger charge is -2.42. The van der Waals surface area contributed by atoms with Gasteiger partial charge in [0.2, 0.25) is 5.91 Å². The first-order valence-corrected chi connectivity index (χ1v) is 8.96. The summed E-state index contributed by atoms with van der Waals surface area (Å²) in [5.41, 5.74) is -0.0136. The van der Waals surface area contributed by atoms with Gasteiger partial charge >= 0.3 is 0 Å². The molecule has 1 fully saturated rings. The standard InChI is InChI=1S/C18H18ClFN4O2/c1-18(11-3-6-23(7-4-11)13(25)2-5-21)17(26)14-15(20)12(19)8-10-9-22-24(18)16(10)14/h8-9,11,17,26H,2-4,6-7H2,1H3/t17-,18?/m1/s1. The van der Waals surface area contributed by atoms with Crippen molar-refractivity contribution >= 4 is 28.4 Å². The van der Waals surface area contributed by atoms with Gasteiger partial charge in [-0.25, -0.2) is 4.39 Å². The molecule has 2 atom stereocenters. The van der Waals surface area contributed by atoms with Crippen molar-refractivity contribution in [2.24, 2.45) is 5.92 Å². The molecule has 0 radical (unpaired) electrons. The zero-order valence-electron chi connectivity index (χ0n) is 14.2. The highest BCUT2D eigenvalue weighted by molar-refractivity contribution is 6.31. The summed E-state index contributed by atoms with van der Waals surface area (Å²) < 4.78 is 16.4. The Balaban J connectivity index is 1.67. The highest BCUT2D eigenvalue weighted by atomic mass is 35.5. The van der Waals surface area contributed by atoms with E-state index < -0.39 is 17.5 Å². The van der Waals surface area contributed by atoms with E-state index in [9.17, 15) is 14.3 Å². The van der Waals surface area contributed by atoms with Crippen LogP contribution in [0, 0.1) is 23.1 Å². The zero-order chi connectivity index (χ0) is 18.6. The lowest BCUT2D eigenvalue weighted by Crippen LogP contribution is -2.48. The number of carbonyl (C=O) groups is 1. The summed E-state index contributed by atoms with van der Waals surface area (Å²) in [6.07, 6.45) is 1.75. The molecule has 2 aliphatic heterocycles. The van der Waals surface area contributed by atoms with Gasteiger partial charge in [-0.1, -0.05) is 11.6 Å². The van der Waals surface area contributed by atoms with Crippen molar-refractivity contribution in [2.75, 3.05) is 13.1 Å². The number of hydrogen-bond acceptors (Lipinski definition) is 4. The Morgan fingerprint density at radius 3 is 2.88 bits per heavy atom. The second-order valence-corrected chi connectivity index (χ2v) is 7.61. The van der Waals surface area contributed by atoms with Gasteiger partial charge in [0.05, 0.1) is 28.3 Å². The second-order valence-electron chi connectivity index (χ2n) is 7.20. The van der Waals surface area contributed by atoms with Crippen molar-refractivity contribution in [3.8, 4) is 6.07 Å². The van der Waals surface area contributed by atoms with Gasteiger partial charge in [-0.3, -0.25) is 9.48 Å². The van der Waals surface area contributed by atoms with Crippen LogP contribution in [-0.4, -0.2) is 38.8 Å². The van der Waals surface area contributed by atoms with Crippen LogP contribution < -0.4 is 0 Å². The first kappa shape index (κ1) is 17.3. The molecule has 1 unspecified atom stereocenters. The van der Waals surface area contributed by atoms with Crippen molar-refractivity contribution in [1.29, 1.82) is 5.26 Å². The number of carbonyl (C=O) groups excluding carboxylic acids is 1. The molecule has 4 rings (SSSR count). The predicted molar refractivity (Wildman–Crippen MR) is 92.8 cm³/mol. The Bertz CT molecular complexity index is 945. The molecule has 6 nitrogen and oxygen atoms in total. The fourth-order valence-electron chi connectivity index (χ4n) is 4.48. The first-order valence-electron chi connectivity index (χ1n) is 8.58. The van der Waals surface area contributed by atoms with E-state index in [4.69, 9.17) is 16.9 Å². The number of aliphatic hydroxyl groups is 1. The molecule has 2 aliphatic rings. The minimum absolute atomic E-state index is 0.0114. The molecule has 26 heavy (non-hydrogen) atoms. The van der Waals surface area contributed by atoms with Gasteiger partial charge in [-0.2, -0.15) is 10.4 Å². The van der Waals surface area contributed by atoms with Crippen LogP contribution in [0.2, 0.25) is 5.02 Å². The largest absolute Gasteiger partial charge is 0.386 e. The topological polar surface area (TPSA) is 82.2 Å². The van der Waals surface area contributed by atoms with Crippen molar-refractivity contribution in [3.63, 3.8) is 0 Å². The lowest BCUT2D eigenvalue weighted by atomic mass is 9.75. The van der Waals surface area contributed by atoms with E-state index in [1.54, 1.807) is 15.8 Å². The molecule has 0 bridgehead atoms. The number of halogens is 2. The average molecular weight is 377 g/mol. The number of hydrogen-bond donors (Lipinski definition) is 1. The maximum absolute atomic E-state index is 14.6. The predicted octanol–water partition coefficient (Wildman–Crippen LogP) is 2.74. The van der Waals surface area contributed by atoms with Crippen LogP contribution in [0.15, 0.2) is 12.3 Å². The third-order valence-corrected chi connectivity index (χ3v) is 6.24. The number of aromatic nitrogens is 2. The normalized spacial score (nSPS) is 25.7. The van der Waals surface area contributed by atoms with Crippen LogP contribution in [-0.2, 0) is 10.3 Å². The molecule has 2 aromatic rings. The summed E-state index contributed by atoms with van der Waals surface area (Å²) in [6.45, 7) is 2.91. The van der Waals surface area contributed by atoms with E-state index in [1.807, 2.05) is 13.0 Å². The Morgan fingerprint density at radius 2 is 2.23 bits per heavy atom. The molecule has 1 aromatic carbocycles. The fourth-order valence-corrected chi connectivity index (χ4v) is 4.70.